The summed E-state index contributed by atoms with van der Waals surface area (Å²) in [7, 11) is -4.07. The zero-order valence-electron chi connectivity index (χ0n) is 12.5. The minimum atomic E-state index is -4.58. The van der Waals surface area contributed by atoms with Gasteiger partial charge in [-0.05, 0) is 71.2 Å². The summed E-state index contributed by atoms with van der Waals surface area (Å²) in [5.74, 6) is 0. The lowest BCUT2D eigenvalue weighted by atomic mass is 10.2. The summed E-state index contributed by atoms with van der Waals surface area (Å²) in [4.78, 5) is -0.0475. The van der Waals surface area contributed by atoms with Crippen LogP contribution in [0.2, 0.25) is 5.02 Å². The molecule has 0 aliphatic rings. The average Bonchev–Trinajstić information content (AvgIpc) is 2.43. The molecule has 0 saturated carbocycles. The van der Waals surface area contributed by atoms with Crippen molar-refractivity contribution in [3.63, 3.8) is 0 Å². The van der Waals surface area contributed by atoms with Gasteiger partial charge in [0.1, 0.15) is 0 Å². The van der Waals surface area contributed by atoms with Gasteiger partial charge in [0.05, 0.1) is 16.1 Å². The average molecular weight is 443 g/mol. The molecule has 0 atom stereocenters. The summed E-state index contributed by atoms with van der Waals surface area (Å²) >= 11 is 9.00. The van der Waals surface area contributed by atoms with E-state index in [9.17, 15) is 21.6 Å². The van der Waals surface area contributed by atoms with Crippen LogP contribution in [0.4, 0.5) is 18.9 Å². The van der Waals surface area contributed by atoms with E-state index in [0.717, 1.165) is 18.2 Å². The zero-order valence-corrected chi connectivity index (χ0v) is 15.7. The number of alkyl halides is 3. The van der Waals surface area contributed by atoms with E-state index in [4.69, 9.17) is 11.6 Å². The van der Waals surface area contributed by atoms with Gasteiger partial charge in [-0.15, -0.1) is 0 Å². The van der Waals surface area contributed by atoms with Gasteiger partial charge in [-0.1, -0.05) is 11.6 Å². The molecule has 0 spiro atoms. The molecule has 2 aromatic carbocycles. The lowest BCUT2D eigenvalue weighted by Crippen LogP contribution is -2.16. The van der Waals surface area contributed by atoms with Crippen LogP contribution in [0.1, 0.15) is 16.7 Å². The van der Waals surface area contributed by atoms with Gasteiger partial charge in [0.25, 0.3) is 10.0 Å². The van der Waals surface area contributed by atoms with Crippen molar-refractivity contribution >= 4 is 43.2 Å². The molecule has 0 aliphatic heterocycles. The fourth-order valence-electron chi connectivity index (χ4n) is 2.02. The summed E-state index contributed by atoms with van der Waals surface area (Å²) in [6.07, 6.45) is -4.58. The Labute approximate surface area is 151 Å². The number of halogens is 5. The lowest BCUT2D eigenvalue weighted by Gasteiger charge is -2.15. The molecule has 24 heavy (non-hydrogen) atoms. The molecule has 0 aromatic heterocycles. The monoisotopic (exact) mass is 441 g/mol. The van der Waals surface area contributed by atoms with Crippen LogP contribution in [0.5, 0.6) is 0 Å². The van der Waals surface area contributed by atoms with Crippen LogP contribution in [-0.4, -0.2) is 8.42 Å². The smallest absolute Gasteiger partial charge is 0.278 e. The Bertz CT molecular complexity index is 898. The van der Waals surface area contributed by atoms with E-state index in [0.29, 0.717) is 16.1 Å². The molecule has 0 amide bonds. The Morgan fingerprint density at radius 3 is 2.29 bits per heavy atom. The number of nitrogens with one attached hydrogen (secondary N) is 1. The zero-order chi connectivity index (χ0) is 18.3. The normalized spacial score (nSPS) is 12.3. The van der Waals surface area contributed by atoms with Crippen molar-refractivity contribution in [1.82, 2.24) is 0 Å². The van der Waals surface area contributed by atoms with Gasteiger partial charge in [0.2, 0.25) is 0 Å². The SMILES string of the molecule is Cc1cc(S(=O)(=O)Nc2cc(C(F)(F)F)ccc2Br)c(C)cc1Cl. The minimum Gasteiger partial charge on any atom is -0.278 e. The van der Waals surface area contributed by atoms with Gasteiger partial charge in [-0.3, -0.25) is 4.72 Å². The molecule has 0 heterocycles. The first-order chi connectivity index (χ1) is 10.9. The first kappa shape index (κ1) is 19.1. The highest BCUT2D eigenvalue weighted by atomic mass is 79.9. The highest BCUT2D eigenvalue weighted by Gasteiger charge is 2.31. The lowest BCUT2D eigenvalue weighted by molar-refractivity contribution is -0.137. The summed E-state index contributed by atoms with van der Waals surface area (Å²) in [5, 5.41) is 0.409. The molecule has 0 saturated heterocycles. The quantitative estimate of drug-likeness (QED) is 0.678. The summed E-state index contributed by atoms with van der Waals surface area (Å²) in [5.41, 5.74) is -0.212. The molecule has 2 rings (SSSR count). The molecule has 1 N–H and O–H groups in total. The number of sulfonamides is 1. The van der Waals surface area contributed by atoms with Gasteiger partial charge in [0, 0.05) is 9.50 Å². The predicted octanol–water partition coefficient (Wildman–Crippen LogP) is 5.54. The molecule has 0 radical (unpaired) electrons. The number of rotatable bonds is 3. The van der Waals surface area contributed by atoms with Gasteiger partial charge < -0.3 is 0 Å². The van der Waals surface area contributed by atoms with Crippen molar-refractivity contribution in [3.05, 3.63) is 56.5 Å². The van der Waals surface area contributed by atoms with Crippen LogP contribution in [0.25, 0.3) is 0 Å². The van der Waals surface area contributed by atoms with Crippen LogP contribution in [0.15, 0.2) is 39.7 Å². The number of benzene rings is 2. The first-order valence-corrected chi connectivity index (χ1v) is 9.23. The Morgan fingerprint density at radius 2 is 1.71 bits per heavy atom. The Morgan fingerprint density at radius 1 is 1.08 bits per heavy atom. The summed E-state index contributed by atoms with van der Waals surface area (Å²) < 4.78 is 65.9. The van der Waals surface area contributed by atoms with Crippen molar-refractivity contribution in [2.45, 2.75) is 24.9 Å². The molecule has 130 valence electrons. The van der Waals surface area contributed by atoms with Crippen molar-refractivity contribution in [2.75, 3.05) is 4.72 Å². The van der Waals surface area contributed by atoms with E-state index < -0.39 is 21.8 Å². The molecule has 2 aromatic rings. The van der Waals surface area contributed by atoms with Crippen LogP contribution in [-0.2, 0) is 16.2 Å². The van der Waals surface area contributed by atoms with E-state index in [1.807, 2.05) is 0 Å². The molecule has 3 nitrogen and oxygen atoms in total. The topological polar surface area (TPSA) is 46.2 Å². The largest absolute Gasteiger partial charge is 0.416 e. The van der Waals surface area contributed by atoms with Crippen LogP contribution in [0.3, 0.4) is 0 Å². The van der Waals surface area contributed by atoms with E-state index in [2.05, 4.69) is 20.7 Å². The molecule has 0 bridgehead atoms. The van der Waals surface area contributed by atoms with Gasteiger partial charge in [0.15, 0.2) is 0 Å². The third-order valence-corrected chi connectivity index (χ3v) is 5.89. The van der Waals surface area contributed by atoms with Crippen LogP contribution >= 0.6 is 27.5 Å². The van der Waals surface area contributed by atoms with Gasteiger partial charge in [-0.2, -0.15) is 13.2 Å². The standard InChI is InChI=1S/C15H12BrClF3NO2S/c1-8-6-14(9(2)5-12(8)17)24(22,23)21-13-7-10(15(18,19)20)3-4-11(13)16/h3-7,21H,1-2H3. The highest BCUT2D eigenvalue weighted by molar-refractivity contribution is 9.10. The minimum absolute atomic E-state index is 0.0475. The van der Waals surface area contributed by atoms with E-state index in [-0.39, 0.29) is 15.1 Å². The fourth-order valence-corrected chi connectivity index (χ4v) is 4.10. The van der Waals surface area contributed by atoms with Crippen molar-refractivity contribution in [1.29, 1.82) is 0 Å². The fraction of sp³-hybridized carbons (Fsp3) is 0.200. The maximum absolute atomic E-state index is 12.8. The second-order valence-corrected chi connectivity index (χ2v) is 8.08. The molecular formula is C15H12BrClF3NO2S. The van der Waals surface area contributed by atoms with Crippen molar-refractivity contribution < 1.29 is 21.6 Å². The first-order valence-electron chi connectivity index (χ1n) is 6.58. The van der Waals surface area contributed by atoms with E-state index in [1.54, 1.807) is 13.8 Å². The number of hydrogen-bond donors (Lipinski definition) is 1. The maximum Gasteiger partial charge on any atom is 0.416 e. The second kappa shape index (κ2) is 6.57. The van der Waals surface area contributed by atoms with Crippen molar-refractivity contribution in [2.24, 2.45) is 0 Å². The summed E-state index contributed by atoms with van der Waals surface area (Å²) in [6, 6.07) is 5.61. The van der Waals surface area contributed by atoms with E-state index >= 15 is 0 Å². The third-order valence-electron chi connectivity index (χ3n) is 3.28. The number of aryl methyl sites for hydroxylation is 2. The van der Waals surface area contributed by atoms with Gasteiger partial charge in [-0.25, -0.2) is 8.42 Å². The number of anilines is 1. The van der Waals surface area contributed by atoms with Crippen LogP contribution in [0, 0.1) is 13.8 Å². The Balaban J connectivity index is 2.49. The highest BCUT2D eigenvalue weighted by Crippen LogP contribution is 2.35. The van der Waals surface area contributed by atoms with E-state index in [1.165, 1.54) is 12.1 Å². The number of hydrogen-bond acceptors (Lipinski definition) is 2. The molecule has 0 unspecified atom stereocenters. The maximum atomic E-state index is 12.8. The summed E-state index contributed by atoms with van der Waals surface area (Å²) in [6.45, 7) is 3.20. The third kappa shape index (κ3) is 4.04. The van der Waals surface area contributed by atoms with Crippen LogP contribution < -0.4 is 4.72 Å². The van der Waals surface area contributed by atoms with Gasteiger partial charge >= 0.3 is 6.18 Å². The Hall–Kier alpha value is -1.25. The van der Waals surface area contributed by atoms with Crippen molar-refractivity contribution in [3.8, 4) is 0 Å². The molecule has 9 heteroatoms. The second-order valence-electron chi connectivity index (χ2n) is 5.16. The Kier molecular flexibility index (Phi) is 5.22. The molecule has 0 fully saturated rings. The predicted molar refractivity (Wildman–Crippen MR) is 90.9 cm³/mol. The molecular weight excluding hydrogens is 431 g/mol. The molecule has 0 aliphatic carbocycles.